The number of nitro groups is 2. The summed E-state index contributed by atoms with van der Waals surface area (Å²) >= 11 is 0. The maximum atomic E-state index is 12.0. The van der Waals surface area contributed by atoms with Gasteiger partial charge in [0.2, 0.25) is 5.91 Å². The molecule has 0 bridgehead atoms. The van der Waals surface area contributed by atoms with E-state index in [2.05, 4.69) is 10.6 Å². The first kappa shape index (κ1) is 17.9. The molecule has 0 radical (unpaired) electrons. The SMILES string of the molecule is Cc1c(NC(=O)CCNc2ccccc2[N+](=O)[O-])cccc1[N+](=O)[O-]. The Balaban J connectivity index is 1.95. The van der Waals surface area contributed by atoms with Gasteiger partial charge in [-0.1, -0.05) is 18.2 Å². The molecule has 2 aromatic rings. The highest BCUT2D eigenvalue weighted by molar-refractivity contribution is 5.92. The van der Waals surface area contributed by atoms with Gasteiger partial charge in [-0.25, -0.2) is 0 Å². The van der Waals surface area contributed by atoms with E-state index in [1.165, 1.54) is 18.2 Å². The lowest BCUT2D eigenvalue weighted by atomic mass is 10.1. The molecule has 2 N–H and O–H groups in total. The van der Waals surface area contributed by atoms with Crippen LogP contribution >= 0.6 is 0 Å². The van der Waals surface area contributed by atoms with Crippen molar-refractivity contribution in [1.82, 2.24) is 0 Å². The Kier molecular flexibility index (Phi) is 5.62. The molecule has 2 aromatic carbocycles. The smallest absolute Gasteiger partial charge is 0.292 e. The topological polar surface area (TPSA) is 127 Å². The van der Waals surface area contributed by atoms with Crippen LogP contribution in [0.5, 0.6) is 0 Å². The molecule has 0 heterocycles. The monoisotopic (exact) mass is 344 g/mol. The van der Waals surface area contributed by atoms with Crippen molar-refractivity contribution in [2.24, 2.45) is 0 Å². The fourth-order valence-electron chi connectivity index (χ4n) is 2.26. The molecule has 0 atom stereocenters. The molecule has 9 nitrogen and oxygen atoms in total. The predicted octanol–water partition coefficient (Wildman–Crippen LogP) is 3.25. The summed E-state index contributed by atoms with van der Waals surface area (Å²) in [6, 6.07) is 10.6. The van der Waals surface area contributed by atoms with Crippen molar-refractivity contribution >= 4 is 28.7 Å². The molecule has 2 rings (SSSR count). The molecule has 0 aromatic heterocycles. The van der Waals surface area contributed by atoms with Crippen molar-refractivity contribution in [1.29, 1.82) is 0 Å². The van der Waals surface area contributed by atoms with Crippen LogP contribution in [-0.4, -0.2) is 22.3 Å². The maximum absolute atomic E-state index is 12.0. The Morgan fingerprint density at radius 3 is 2.24 bits per heavy atom. The zero-order valence-corrected chi connectivity index (χ0v) is 13.4. The summed E-state index contributed by atoms with van der Waals surface area (Å²) in [5, 5.41) is 27.3. The fourth-order valence-corrected chi connectivity index (χ4v) is 2.26. The first-order chi connectivity index (χ1) is 11.9. The van der Waals surface area contributed by atoms with E-state index < -0.39 is 9.85 Å². The number of benzene rings is 2. The van der Waals surface area contributed by atoms with E-state index >= 15 is 0 Å². The third kappa shape index (κ3) is 4.50. The maximum Gasteiger partial charge on any atom is 0.292 e. The van der Waals surface area contributed by atoms with Gasteiger partial charge in [0.15, 0.2) is 0 Å². The first-order valence-electron chi connectivity index (χ1n) is 7.41. The van der Waals surface area contributed by atoms with E-state index in [-0.39, 0.29) is 30.2 Å². The Morgan fingerprint density at radius 2 is 1.56 bits per heavy atom. The molecule has 0 spiro atoms. The lowest BCUT2D eigenvalue weighted by Gasteiger charge is -2.10. The minimum absolute atomic E-state index is 0.0498. The van der Waals surface area contributed by atoms with Gasteiger partial charge in [0.05, 0.1) is 21.1 Å². The third-order valence-corrected chi connectivity index (χ3v) is 3.54. The predicted molar refractivity (Wildman–Crippen MR) is 92.7 cm³/mol. The number of carbonyl (C=O) groups excluding carboxylic acids is 1. The number of nitro benzene ring substituents is 2. The normalized spacial score (nSPS) is 10.1. The number of anilines is 2. The van der Waals surface area contributed by atoms with E-state index in [1.807, 2.05) is 0 Å². The van der Waals surface area contributed by atoms with Crippen molar-refractivity contribution in [3.05, 3.63) is 68.3 Å². The average Bonchev–Trinajstić information content (AvgIpc) is 2.56. The Labute approximate surface area is 143 Å². The molecule has 1 amide bonds. The van der Waals surface area contributed by atoms with Gasteiger partial charge in [-0.3, -0.25) is 25.0 Å². The molecule has 130 valence electrons. The minimum Gasteiger partial charge on any atom is -0.379 e. The Morgan fingerprint density at radius 1 is 0.960 bits per heavy atom. The Bertz CT molecular complexity index is 822. The van der Waals surface area contributed by atoms with Gasteiger partial charge in [0.1, 0.15) is 5.69 Å². The van der Waals surface area contributed by atoms with E-state index in [1.54, 1.807) is 31.2 Å². The van der Waals surface area contributed by atoms with Crippen LogP contribution in [0.15, 0.2) is 42.5 Å². The van der Waals surface area contributed by atoms with Crippen molar-refractivity contribution in [2.45, 2.75) is 13.3 Å². The summed E-state index contributed by atoms with van der Waals surface area (Å²) in [7, 11) is 0. The molecule has 0 aliphatic rings. The average molecular weight is 344 g/mol. The number of para-hydroxylation sites is 2. The van der Waals surface area contributed by atoms with E-state index in [0.29, 0.717) is 16.9 Å². The van der Waals surface area contributed by atoms with Crippen LogP contribution in [0.2, 0.25) is 0 Å². The molecule has 0 saturated heterocycles. The summed E-state index contributed by atoms with van der Waals surface area (Å²) < 4.78 is 0. The van der Waals surface area contributed by atoms with Crippen LogP contribution in [0.4, 0.5) is 22.7 Å². The number of nitrogens with one attached hydrogen (secondary N) is 2. The van der Waals surface area contributed by atoms with Crippen LogP contribution in [0, 0.1) is 27.2 Å². The lowest BCUT2D eigenvalue weighted by molar-refractivity contribution is -0.385. The van der Waals surface area contributed by atoms with E-state index in [4.69, 9.17) is 0 Å². The van der Waals surface area contributed by atoms with Gasteiger partial charge in [0.25, 0.3) is 11.4 Å². The number of hydrogen-bond donors (Lipinski definition) is 2. The highest BCUT2D eigenvalue weighted by Gasteiger charge is 2.15. The van der Waals surface area contributed by atoms with Crippen LogP contribution in [0.3, 0.4) is 0 Å². The molecule has 25 heavy (non-hydrogen) atoms. The zero-order valence-electron chi connectivity index (χ0n) is 13.4. The largest absolute Gasteiger partial charge is 0.379 e. The first-order valence-corrected chi connectivity index (χ1v) is 7.41. The van der Waals surface area contributed by atoms with Crippen molar-refractivity contribution in [2.75, 3.05) is 17.2 Å². The van der Waals surface area contributed by atoms with Gasteiger partial charge < -0.3 is 10.6 Å². The van der Waals surface area contributed by atoms with Crippen LogP contribution in [0.25, 0.3) is 0 Å². The van der Waals surface area contributed by atoms with Crippen molar-refractivity contribution in [3.63, 3.8) is 0 Å². The molecule has 0 unspecified atom stereocenters. The molecule has 9 heteroatoms. The van der Waals surface area contributed by atoms with E-state index in [0.717, 1.165) is 0 Å². The van der Waals surface area contributed by atoms with Crippen molar-refractivity contribution < 1.29 is 14.6 Å². The zero-order chi connectivity index (χ0) is 18.4. The molecule has 0 aliphatic carbocycles. The Hall–Kier alpha value is -3.49. The quantitative estimate of drug-likeness (QED) is 0.586. The molecule has 0 saturated carbocycles. The summed E-state index contributed by atoms with van der Waals surface area (Å²) in [5.74, 6) is -0.352. The van der Waals surface area contributed by atoms with Gasteiger partial charge in [0, 0.05) is 25.1 Å². The van der Waals surface area contributed by atoms with Gasteiger partial charge in [-0.15, -0.1) is 0 Å². The number of amides is 1. The molecular formula is C16H16N4O5. The fraction of sp³-hybridized carbons (Fsp3) is 0.188. The number of carbonyl (C=O) groups is 1. The minimum atomic E-state index is -0.513. The van der Waals surface area contributed by atoms with Gasteiger partial charge >= 0.3 is 0 Å². The second kappa shape index (κ2) is 7.86. The lowest BCUT2D eigenvalue weighted by Crippen LogP contribution is -2.17. The second-order valence-corrected chi connectivity index (χ2v) is 5.21. The second-order valence-electron chi connectivity index (χ2n) is 5.21. The number of rotatable bonds is 7. The summed E-state index contributed by atoms with van der Waals surface area (Å²) in [6.45, 7) is 1.74. The number of hydrogen-bond acceptors (Lipinski definition) is 6. The molecule has 0 fully saturated rings. The summed E-state index contributed by atoms with van der Waals surface area (Å²) in [6.07, 6.45) is 0.0498. The highest BCUT2D eigenvalue weighted by Crippen LogP contribution is 2.25. The van der Waals surface area contributed by atoms with E-state index in [9.17, 15) is 25.0 Å². The summed E-state index contributed by atoms with van der Waals surface area (Å²) in [5.41, 5.74) is 0.914. The standard InChI is InChI=1S/C16H16N4O5/c1-11-12(6-4-8-14(11)19(22)23)18-16(21)9-10-17-13-5-2-3-7-15(13)20(24)25/h2-8,17H,9-10H2,1H3,(H,18,21). The van der Waals surface area contributed by atoms with Crippen molar-refractivity contribution in [3.8, 4) is 0 Å². The van der Waals surface area contributed by atoms with Crippen LogP contribution in [-0.2, 0) is 4.79 Å². The third-order valence-electron chi connectivity index (χ3n) is 3.54. The molecular weight excluding hydrogens is 328 g/mol. The van der Waals surface area contributed by atoms with Gasteiger partial charge in [-0.05, 0) is 19.1 Å². The summed E-state index contributed by atoms with van der Waals surface area (Å²) in [4.78, 5) is 32.8. The van der Waals surface area contributed by atoms with Gasteiger partial charge in [-0.2, -0.15) is 0 Å². The van der Waals surface area contributed by atoms with Crippen LogP contribution < -0.4 is 10.6 Å². The number of nitrogens with zero attached hydrogens (tertiary/aromatic N) is 2. The highest BCUT2D eigenvalue weighted by atomic mass is 16.6. The van der Waals surface area contributed by atoms with Crippen LogP contribution in [0.1, 0.15) is 12.0 Å². The molecule has 0 aliphatic heterocycles.